The number of carbonyl (C=O) groups is 1. The molecule has 3 rings (SSSR count). The molecule has 3 aromatic rings. The number of nitrogens with one attached hydrogen (secondary N) is 1. The van der Waals surface area contributed by atoms with Gasteiger partial charge < -0.3 is 10.1 Å². The maximum absolute atomic E-state index is 13.0. The number of nitro benzene ring substituents is 1. The van der Waals surface area contributed by atoms with Crippen LogP contribution in [0.25, 0.3) is 11.6 Å². The van der Waals surface area contributed by atoms with E-state index in [1.54, 1.807) is 36.4 Å². The summed E-state index contributed by atoms with van der Waals surface area (Å²) < 4.78 is 5.12. The molecule has 3 aromatic carbocycles. The minimum absolute atomic E-state index is 0.0132. The fourth-order valence-electron chi connectivity index (χ4n) is 2.70. The number of hydrogen-bond acceptors (Lipinski definition) is 4. The number of non-ortho nitro benzene ring substituents is 1. The molecular weight excluding hydrogens is 392 g/mol. The Bertz CT molecular complexity index is 1060. The van der Waals surface area contributed by atoms with Gasteiger partial charge in [0.1, 0.15) is 5.75 Å². The normalized spacial score (nSPS) is 11.0. The second-order valence-electron chi connectivity index (χ2n) is 6.08. The molecule has 0 spiro atoms. The highest BCUT2D eigenvalue weighted by Crippen LogP contribution is 2.28. The predicted octanol–water partition coefficient (Wildman–Crippen LogP) is 5.44. The van der Waals surface area contributed by atoms with Crippen molar-refractivity contribution < 1.29 is 14.5 Å². The smallest absolute Gasteiger partial charge is 0.269 e. The summed E-state index contributed by atoms with van der Waals surface area (Å²) in [6.45, 7) is 0. The average Bonchev–Trinajstić information content (AvgIpc) is 2.73. The topological polar surface area (TPSA) is 81.5 Å². The Labute approximate surface area is 172 Å². The summed E-state index contributed by atoms with van der Waals surface area (Å²) in [5.41, 5.74) is 2.29. The van der Waals surface area contributed by atoms with Crippen molar-refractivity contribution in [3.05, 3.63) is 99.1 Å². The minimum atomic E-state index is -0.467. The number of nitrogens with zero attached hydrogens (tertiary/aromatic N) is 1. The Balaban J connectivity index is 1.94. The molecule has 0 bridgehead atoms. The quantitative estimate of drug-likeness (QED) is 0.255. The summed E-state index contributed by atoms with van der Waals surface area (Å²) in [7, 11) is 1.51. The molecule has 0 aliphatic rings. The summed E-state index contributed by atoms with van der Waals surface area (Å²) >= 11 is 6.13. The highest BCUT2D eigenvalue weighted by Gasteiger charge is 2.14. The fraction of sp³-hybridized carbons (Fsp3) is 0.0455. The molecule has 1 amide bonds. The second kappa shape index (κ2) is 9.03. The van der Waals surface area contributed by atoms with E-state index in [4.69, 9.17) is 16.3 Å². The molecule has 7 heteroatoms. The summed E-state index contributed by atoms with van der Waals surface area (Å²) in [5, 5.41) is 14.1. The van der Waals surface area contributed by atoms with Crippen molar-refractivity contribution in [2.45, 2.75) is 0 Å². The van der Waals surface area contributed by atoms with Crippen molar-refractivity contribution in [3.8, 4) is 5.75 Å². The number of halogens is 1. The molecule has 0 heterocycles. The van der Waals surface area contributed by atoms with Crippen LogP contribution >= 0.6 is 11.6 Å². The van der Waals surface area contributed by atoms with Gasteiger partial charge >= 0.3 is 0 Å². The molecule has 6 nitrogen and oxygen atoms in total. The molecule has 0 radical (unpaired) electrons. The van der Waals surface area contributed by atoms with Crippen LogP contribution in [-0.2, 0) is 4.79 Å². The fourth-order valence-corrected chi connectivity index (χ4v) is 2.96. The SMILES string of the molecule is COc1ccc(NC(=O)/C(=C/c2ccc([N+](=O)[O-])cc2)c2ccccc2)cc1Cl. The molecule has 1 N–H and O–H groups in total. The Morgan fingerprint density at radius 2 is 1.76 bits per heavy atom. The van der Waals surface area contributed by atoms with Crippen LogP contribution < -0.4 is 10.1 Å². The lowest BCUT2D eigenvalue weighted by Gasteiger charge is -2.11. The lowest BCUT2D eigenvalue weighted by Crippen LogP contribution is -2.13. The highest BCUT2D eigenvalue weighted by atomic mass is 35.5. The standard InChI is InChI=1S/C22H17ClN2O4/c1-29-21-12-9-17(14-20(21)23)24-22(26)19(16-5-3-2-4-6-16)13-15-7-10-18(11-8-15)25(27)28/h2-14H,1H3,(H,24,26)/b19-13+. The van der Waals surface area contributed by atoms with Crippen LogP contribution in [0.1, 0.15) is 11.1 Å². The van der Waals surface area contributed by atoms with Gasteiger partial charge in [0, 0.05) is 23.4 Å². The molecule has 0 fully saturated rings. The Morgan fingerprint density at radius 1 is 1.07 bits per heavy atom. The number of carbonyl (C=O) groups excluding carboxylic acids is 1. The highest BCUT2D eigenvalue weighted by molar-refractivity contribution is 6.33. The van der Waals surface area contributed by atoms with Gasteiger partial charge in [-0.05, 0) is 47.5 Å². The molecule has 0 atom stereocenters. The lowest BCUT2D eigenvalue weighted by molar-refractivity contribution is -0.384. The third kappa shape index (κ3) is 5.00. The number of rotatable bonds is 6. The van der Waals surface area contributed by atoms with Gasteiger partial charge in [0.15, 0.2) is 0 Å². The first kappa shape index (κ1) is 20.1. The largest absolute Gasteiger partial charge is 0.495 e. The Morgan fingerprint density at radius 3 is 2.34 bits per heavy atom. The van der Waals surface area contributed by atoms with Gasteiger partial charge in [0.05, 0.1) is 17.1 Å². The van der Waals surface area contributed by atoms with Crippen molar-refractivity contribution >= 4 is 40.5 Å². The lowest BCUT2D eigenvalue weighted by atomic mass is 10.0. The number of methoxy groups -OCH3 is 1. The maximum atomic E-state index is 13.0. The molecule has 0 saturated carbocycles. The number of anilines is 1. The summed E-state index contributed by atoms with van der Waals surface area (Å²) in [5.74, 6) is 0.171. The average molecular weight is 409 g/mol. The van der Waals surface area contributed by atoms with E-state index in [-0.39, 0.29) is 11.6 Å². The third-order valence-electron chi connectivity index (χ3n) is 4.15. The number of ether oxygens (including phenoxy) is 1. The van der Waals surface area contributed by atoms with Crippen LogP contribution in [0.4, 0.5) is 11.4 Å². The van der Waals surface area contributed by atoms with Gasteiger partial charge in [-0.1, -0.05) is 41.9 Å². The molecular formula is C22H17ClN2O4. The number of hydrogen-bond donors (Lipinski definition) is 1. The monoisotopic (exact) mass is 408 g/mol. The van der Waals surface area contributed by atoms with E-state index in [1.165, 1.54) is 19.2 Å². The third-order valence-corrected chi connectivity index (χ3v) is 4.45. The zero-order valence-corrected chi connectivity index (χ0v) is 16.2. The first-order chi connectivity index (χ1) is 14.0. The van der Waals surface area contributed by atoms with Crippen LogP contribution in [0.5, 0.6) is 5.75 Å². The molecule has 0 aliphatic heterocycles. The van der Waals surface area contributed by atoms with Crippen molar-refractivity contribution in [2.75, 3.05) is 12.4 Å². The van der Waals surface area contributed by atoms with Gasteiger partial charge in [-0.25, -0.2) is 0 Å². The second-order valence-corrected chi connectivity index (χ2v) is 6.48. The van der Waals surface area contributed by atoms with E-state index in [9.17, 15) is 14.9 Å². The van der Waals surface area contributed by atoms with Crippen molar-refractivity contribution in [2.24, 2.45) is 0 Å². The van der Waals surface area contributed by atoms with E-state index in [0.717, 1.165) is 0 Å². The number of benzene rings is 3. The van der Waals surface area contributed by atoms with Gasteiger partial charge in [-0.3, -0.25) is 14.9 Å². The summed E-state index contributed by atoms with van der Waals surface area (Å²) in [6, 6.07) is 20.1. The van der Waals surface area contributed by atoms with E-state index < -0.39 is 4.92 Å². The van der Waals surface area contributed by atoms with E-state index in [1.807, 2.05) is 30.3 Å². The molecule has 0 saturated heterocycles. The van der Waals surface area contributed by atoms with Gasteiger partial charge in [-0.15, -0.1) is 0 Å². The maximum Gasteiger partial charge on any atom is 0.269 e. The molecule has 0 unspecified atom stereocenters. The zero-order chi connectivity index (χ0) is 20.8. The first-order valence-corrected chi connectivity index (χ1v) is 9.02. The van der Waals surface area contributed by atoms with Crippen molar-refractivity contribution in [3.63, 3.8) is 0 Å². The van der Waals surface area contributed by atoms with Crippen LogP contribution in [0, 0.1) is 10.1 Å². The van der Waals surface area contributed by atoms with E-state index in [0.29, 0.717) is 33.2 Å². The Kier molecular flexibility index (Phi) is 6.26. The van der Waals surface area contributed by atoms with Crippen LogP contribution in [0.2, 0.25) is 5.02 Å². The molecule has 0 aromatic heterocycles. The molecule has 29 heavy (non-hydrogen) atoms. The van der Waals surface area contributed by atoms with Crippen LogP contribution in [-0.4, -0.2) is 17.9 Å². The molecule has 146 valence electrons. The van der Waals surface area contributed by atoms with E-state index >= 15 is 0 Å². The minimum Gasteiger partial charge on any atom is -0.495 e. The van der Waals surface area contributed by atoms with Gasteiger partial charge in [0.25, 0.3) is 11.6 Å². The van der Waals surface area contributed by atoms with Gasteiger partial charge in [-0.2, -0.15) is 0 Å². The zero-order valence-electron chi connectivity index (χ0n) is 15.5. The van der Waals surface area contributed by atoms with Crippen LogP contribution in [0.15, 0.2) is 72.8 Å². The summed E-state index contributed by atoms with van der Waals surface area (Å²) in [4.78, 5) is 23.4. The van der Waals surface area contributed by atoms with Gasteiger partial charge in [0.2, 0.25) is 0 Å². The number of amides is 1. The van der Waals surface area contributed by atoms with Crippen LogP contribution in [0.3, 0.4) is 0 Å². The Hall–Kier alpha value is -3.64. The number of nitro groups is 1. The predicted molar refractivity (Wildman–Crippen MR) is 114 cm³/mol. The molecule has 0 aliphatic carbocycles. The van der Waals surface area contributed by atoms with Crippen molar-refractivity contribution in [1.82, 2.24) is 0 Å². The first-order valence-electron chi connectivity index (χ1n) is 8.64. The van der Waals surface area contributed by atoms with E-state index in [2.05, 4.69) is 5.32 Å². The van der Waals surface area contributed by atoms with Crippen molar-refractivity contribution in [1.29, 1.82) is 0 Å². The summed E-state index contributed by atoms with van der Waals surface area (Å²) in [6.07, 6.45) is 1.68.